The van der Waals surface area contributed by atoms with Crippen molar-refractivity contribution in [2.45, 2.75) is 32.1 Å². The van der Waals surface area contributed by atoms with Crippen LogP contribution in [0.25, 0.3) is 0 Å². The molecule has 1 heterocycles. The lowest BCUT2D eigenvalue weighted by molar-refractivity contribution is 0.188. The fourth-order valence-corrected chi connectivity index (χ4v) is 1.49. The number of carbonyl (C=O) groups excluding carboxylic acids is 1. The van der Waals surface area contributed by atoms with E-state index in [0.717, 1.165) is 11.4 Å². The molecule has 94 valence electrons. The third-order valence-corrected chi connectivity index (χ3v) is 2.23. The van der Waals surface area contributed by atoms with E-state index in [1.165, 1.54) is 6.20 Å². The minimum absolute atomic E-state index is 0.205. The summed E-state index contributed by atoms with van der Waals surface area (Å²) in [6.07, 6.45) is 4.52. The maximum atomic E-state index is 11.4. The lowest BCUT2D eigenvalue weighted by atomic mass is 10.1. The van der Waals surface area contributed by atoms with Crippen LogP contribution >= 0.6 is 11.8 Å². The molecule has 0 aromatic carbocycles. The normalized spacial score (nSPS) is 11.1. The highest BCUT2D eigenvalue weighted by Gasteiger charge is 2.15. The van der Waals surface area contributed by atoms with Crippen molar-refractivity contribution in [3.63, 3.8) is 0 Å². The van der Waals surface area contributed by atoms with Gasteiger partial charge in [-0.1, -0.05) is 0 Å². The topological polar surface area (TPSA) is 64.1 Å². The van der Waals surface area contributed by atoms with Crippen molar-refractivity contribution in [3.8, 4) is 5.88 Å². The molecular weight excluding hydrogens is 238 g/mol. The zero-order chi connectivity index (χ0) is 12.9. The third kappa shape index (κ3) is 5.53. The molecule has 5 nitrogen and oxygen atoms in total. The Morgan fingerprint density at radius 3 is 2.59 bits per heavy atom. The molecular formula is C11H17N3O2S. The van der Waals surface area contributed by atoms with Gasteiger partial charge in [-0.15, -0.1) is 0 Å². The van der Waals surface area contributed by atoms with E-state index in [4.69, 9.17) is 4.74 Å². The van der Waals surface area contributed by atoms with Crippen LogP contribution < -0.4 is 10.1 Å². The fourth-order valence-electron chi connectivity index (χ4n) is 1.04. The zero-order valence-electron chi connectivity index (χ0n) is 10.5. The fraction of sp³-hybridized carbons (Fsp3) is 0.545. The maximum Gasteiger partial charge on any atom is 0.414 e. The van der Waals surface area contributed by atoms with E-state index in [2.05, 4.69) is 15.3 Å². The number of nitrogens with one attached hydrogen (secondary N) is 1. The first-order valence-electron chi connectivity index (χ1n) is 5.20. The van der Waals surface area contributed by atoms with Crippen LogP contribution in [-0.4, -0.2) is 27.9 Å². The Morgan fingerprint density at radius 2 is 2.12 bits per heavy atom. The number of rotatable bonds is 3. The summed E-state index contributed by atoms with van der Waals surface area (Å²) in [5, 5.41) is 2.67. The first-order chi connectivity index (χ1) is 7.90. The predicted molar refractivity (Wildman–Crippen MR) is 68.2 cm³/mol. The van der Waals surface area contributed by atoms with Gasteiger partial charge in [0.15, 0.2) is 0 Å². The summed E-state index contributed by atoms with van der Waals surface area (Å²) < 4.78 is 4.99. The van der Waals surface area contributed by atoms with Gasteiger partial charge in [0.1, 0.15) is 0 Å². The van der Waals surface area contributed by atoms with Crippen molar-refractivity contribution in [1.29, 1.82) is 0 Å². The SMILES string of the molecule is CSCc1cnc(OC(=O)NC(C)(C)C)cn1. The molecule has 0 aliphatic rings. The Hall–Kier alpha value is -1.30. The molecule has 0 bridgehead atoms. The highest BCUT2D eigenvalue weighted by Crippen LogP contribution is 2.09. The van der Waals surface area contributed by atoms with Crippen molar-refractivity contribution in [1.82, 2.24) is 15.3 Å². The molecule has 0 radical (unpaired) electrons. The Balaban J connectivity index is 2.54. The van der Waals surface area contributed by atoms with Crippen LogP contribution in [0.4, 0.5) is 4.79 Å². The van der Waals surface area contributed by atoms with Crippen molar-refractivity contribution >= 4 is 17.9 Å². The molecule has 1 amide bonds. The van der Waals surface area contributed by atoms with Crippen molar-refractivity contribution < 1.29 is 9.53 Å². The minimum atomic E-state index is -0.524. The number of carbonyl (C=O) groups is 1. The summed E-state index contributed by atoms with van der Waals surface area (Å²) in [6.45, 7) is 5.63. The third-order valence-electron chi connectivity index (χ3n) is 1.65. The molecule has 1 aromatic heterocycles. The molecule has 0 spiro atoms. The number of thioether (sulfide) groups is 1. The van der Waals surface area contributed by atoms with Crippen molar-refractivity contribution in [3.05, 3.63) is 18.1 Å². The molecule has 17 heavy (non-hydrogen) atoms. The quantitative estimate of drug-likeness (QED) is 0.897. The second-order valence-electron chi connectivity index (χ2n) is 4.54. The van der Waals surface area contributed by atoms with Crippen molar-refractivity contribution in [2.75, 3.05) is 6.26 Å². The minimum Gasteiger partial charge on any atom is -0.390 e. The van der Waals surface area contributed by atoms with Gasteiger partial charge >= 0.3 is 6.09 Å². The van der Waals surface area contributed by atoms with E-state index >= 15 is 0 Å². The van der Waals surface area contributed by atoms with Gasteiger partial charge in [-0.2, -0.15) is 11.8 Å². The molecule has 1 N–H and O–H groups in total. The summed E-state index contributed by atoms with van der Waals surface area (Å²) in [4.78, 5) is 19.6. The van der Waals surface area contributed by atoms with Crippen LogP contribution in [0.1, 0.15) is 26.5 Å². The van der Waals surface area contributed by atoms with E-state index in [1.807, 2.05) is 27.0 Å². The molecule has 6 heteroatoms. The zero-order valence-corrected chi connectivity index (χ0v) is 11.3. The van der Waals surface area contributed by atoms with Gasteiger partial charge in [0.2, 0.25) is 5.88 Å². The maximum absolute atomic E-state index is 11.4. The highest BCUT2D eigenvalue weighted by molar-refractivity contribution is 7.97. The van der Waals surface area contributed by atoms with Gasteiger partial charge in [0.05, 0.1) is 18.1 Å². The molecule has 0 fully saturated rings. The van der Waals surface area contributed by atoms with E-state index < -0.39 is 6.09 Å². The van der Waals surface area contributed by atoms with Gasteiger partial charge in [0.25, 0.3) is 0 Å². The molecule has 0 atom stereocenters. The average Bonchev–Trinajstić information content (AvgIpc) is 2.18. The number of nitrogens with zero attached hydrogens (tertiary/aromatic N) is 2. The van der Waals surface area contributed by atoms with Gasteiger partial charge in [0, 0.05) is 11.3 Å². The Bertz CT molecular complexity index is 373. The highest BCUT2D eigenvalue weighted by atomic mass is 32.2. The van der Waals surface area contributed by atoms with Crippen LogP contribution in [-0.2, 0) is 5.75 Å². The van der Waals surface area contributed by atoms with Gasteiger partial charge in [-0.25, -0.2) is 9.78 Å². The number of amides is 1. The first kappa shape index (κ1) is 13.8. The number of hydrogen-bond acceptors (Lipinski definition) is 5. The smallest absolute Gasteiger partial charge is 0.390 e. The van der Waals surface area contributed by atoms with Crippen molar-refractivity contribution in [2.24, 2.45) is 0 Å². The van der Waals surface area contributed by atoms with Gasteiger partial charge in [-0.05, 0) is 27.0 Å². The second kappa shape index (κ2) is 5.86. The molecule has 0 unspecified atom stereocenters. The van der Waals surface area contributed by atoms with Crippen LogP contribution in [0.2, 0.25) is 0 Å². The molecule has 0 saturated carbocycles. The van der Waals surface area contributed by atoms with E-state index in [0.29, 0.717) is 0 Å². The summed E-state index contributed by atoms with van der Waals surface area (Å²) in [5.74, 6) is 0.998. The van der Waals surface area contributed by atoms with Gasteiger partial charge in [-0.3, -0.25) is 4.98 Å². The largest absolute Gasteiger partial charge is 0.414 e. The number of hydrogen-bond donors (Lipinski definition) is 1. The number of aromatic nitrogens is 2. The monoisotopic (exact) mass is 255 g/mol. The molecule has 1 rings (SSSR count). The first-order valence-corrected chi connectivity index (χ1v) is 6.60. The summed E-state index contributed by atoms with van der Waals surface area (Å²) in [5.41, 5.74) is 0.532. The van der Waals surface area contributed by atoms with E-state index in [1.54, 1.807) is 18.0 Å². The van der Waals surface area contributed by atoms with Crippen LogP contribution in [0.15, 0.2) is 12.4 Å². The Morgan fingerprint density at radius 1 is 1.41 bits per heavy atom. The standard InChI is InChI=1S/C11H17N3O2S/c1-11(2,3)14-10(15)16-9-6-12-8(5-13-9)7-17-4/h5-6H,7H2,1-4H3,(H,14,15). The molecule has 0 saturated heterocycles. The van der Waals surface area contributed by atoms with Crippen LogP contribution in [0.5, 0.6) is 5.88 Å². The van der Waals surface area contributed by atoms with Crippen LogP contribution in [0.3, 0.4) is 0 Å². The molecule has 0 aliphatic heterocycles. The predicted octanol–water partition coefficient (Wildman–Crippen LogP) is 2.23. The summed E-state index contributed by atoms with van der Waals surface area (Å²) in [6, 6.07) is 0. The average molecular weight is 255 g/mol. The molecule has 1 aromatic rings. The second-order valence-corrected chi connectivity index (χ2v) is 5.41. The molecule has 0 aliphatic carbocycles. The van der Waals surface area contributed by atoms with Gasteiger partial charge < -0.3 is 10.1 Å². The lowest BCUT2D eigenvalue weighted by Crippen LogP contribution is -2.42. The summed E-state index contributed by atoms with van der Waals surface area (Å²) in [7, 11) is 0. The number of ether oxygens (including phenoxy) is 1. The van der Waals surface area contributed by atoms with E-state index in [-0.39, 0.29) is 11.4 Å². The van der Waals surface area contributed by atoms with E-state index in [9.17, 15) is 4.79 Å². The Kier molecular flexibility index (Phi) is 4.74. The van der Waals surface area contributed by atoms with Crippen LogP contribution in [0, 0.1) is 0 Å². The Labute approximate surface area is 105 Å². The summed E-state index contributed by atoms with van der Waals surface area (Å²) >= 11 is 1.66. The lowest BCUT2D eigenvalue weighted by Gasteiger charge is -2.19.